The fraction of sp³-hybridized carbons (Fsp3) is 0.429. The van der Waals surface area contributed by atoms with Crippen molar-refractivity contribution in [3.63, 3.8) is 0 Å². The van der Waals surface area contributed by atoms with Crippen molar-refractivity contribution in [1.29, 1.82) is 0 Å². The summed E-state index contributed by atoms with van der Waals surface area (Å²) in [4.78, 5) is 7.59. The van der Waals surface area contributed by atoms with E-state index in [0.29, 0.717) is 17.1 Å². The first-order chi connectivity index (χ1) is 5.29. The molecule has 0 fully saturated rings. The molecule has 4 heteroatoms. The highest BCUT2D eigenvalue weighted by molar-refractivity contribution is 7.98. The molecule has 1 heterocycles. The Morgan fingerprint density at radius 3 is 2.82 bits per heavy atom. The fourth-order valence-electron chi connectivity index (χ4n) is 0.777. The molecule has 2 nitrogen and oxygen atoms in total. The fourth-order valence-corrected chi connectivity index (χ4v) is 1.23. The van der Waals surface area contributed by atoms with Gasteiger partial charge in [-0.3, -0.25) is 0 Å². The van der Waals surface area contributed by atoms with Gasteiger partial charge in [-0.1, -0.05) is 6.92 Å². The van der Waals surface area contributed by atoms with Gasteiger partial charge in [-0.15, -0.1) is 11.8 Å². The van der Waals surface area contributed by atoms with Crippen molar-refractivity contribution in [2.24, 2.45) is 0 Å². The molecule has 0 spiro atoms. The van der Waals surface area contributed by atoms with E-state index in [9.17, 15) is 4.39 Å². The first kappa shape index (κ1) is 8.46. The molecule has 1 rings (SSSR count). The number of rotatable bonds is 2. The van der Waals surface area contributed by atoms with Crippen LogP contribution in [0.3, 0.4) is 0 Å². The number of nitrogens with zero attached hydrogens (tertiary/aromatic N) is 2. The number of hydrogen-bond acceptors (Lipinski definition) is 3. The third kappa shape index (κ3) is 1.68. The molecule has 1 aromatic rings. The van der Waals surface area contributed by atoms with Crippen LogP contribution in [0.1, 0.15) is 12.6 Å². The number of aryl methyl sites for hydroxylation is 1. The van der Waals surface area contributed by atoms with Gasteiger partial charge >= 0.3 is 0 Å². The van der Waals surface area contributed by atoms with Crippen LogP contribution in [-0.4, -0.2) is 16.2 Å². The van der Waals surface area contributed by atoms with Crippen LogP contribution in [0.15, 0.2) is 11.4 Å². The third-order valence-electron chi connectivity index (χ3n) is 1.36. The van der Waals surface area contributed by atoms with Crippen molar-refractivity contribution < 1.29 is 4.39 Å². The van der Waals surface area contributed by atoms with Crippen LogP contribution in [0.25, 0.3) is 0 Å². The Labute approximate surface area is 69.3 Å². The average Bonchev–Trinajstić information content (AvgIpc) is 2.05. The van der Waals surface area contributed by atoms with Crippen molar-refractivity contribution in [2.75, 3.05) is 6.26 Å². The molecule has 0 saturated carbocycles. The molecule has 1 aromatic heterocycles. The summed E-state index contributed by atoms with van der Waals surface area (Å²) >= 11 is 1.30. The van der Waals surface area contributed by atoms with Gasteiger partial charge in [0.05, 0.1) is 5.69 Å². The number of aromatic nitrogens is 2. The topological polar surface area (TPSA) is 25.8 Å². The predicted octanol–water partition coefficient (Wildman–Crippen LogP) is 1.90. The maximum absolute atomic E-state index is 13.1. The molecule has 0 amide bonds. The van der Waals surface area contributed by atoms with Crippen molar-refractivity contribution in [1.82, 2.24) is 9.97 Å². The van der Waals surface area contributed by atoms with E-state index < -0.39 is 0 Å². The lowest BCUT2D eigenvalue weighted by atomic mass is 10.3. The molecule has 60 valence electrons. The second-order valence-electron chi connectivity index (χ2n) is 2.00. The number of halogens is 1. The molecule has 0 radical (unpaired) electrons. The molecule has 0 aliphatic heterocycles. The smallest absolute Gasteiger partial charge is 0.176 e. The van der Waals surface area contributed by atoms with Gasteiger partial charge in [0.2, 0.25) is 0 Å². The summed E-state index contributed by atoms with van der Waals surface area (Å²) in [6.07, 6.45) is 3.81. The van der Waals surface area contributed by atoms with Crippen LogP contribution in [0.5, 0.6) is 0 Å². The Morgan fingerprint density at radius 2 is 2.27 bits per heavy atom. The van der Waals surface area contributed by atoms with E-state index >= 15 is 0 Å². The first-order valence-electron chi connectivity index (χ1n) is 3.33. The molecule has 11 heavy (non-hydrogen) atoms. The highest BCUT2D eigenvalue weighted by atomic mass is 32.2. The van der Waals surface area contributed by atoms with Crippen LogP contribution in [0.2, 0.25) is 0 Å². The summed E-state index contributed by atoms with van der Waals surface area (Å²) in [6.45, 7) is 1.87. The predicted molar refractivity (Wildman–Crippen MR) is 43.1 cm³/mol. The van der Waals surface area contributed by atoms with Crippen molar-refractivity contribution in [3.05, 3.63) is 17.8 Å². The quantitative estimate of drug-likeness (QED) is 0.503. The van der Waals surface area contributed by atoms with E-state index in [0.717, 1.165) is 0 Å². The second-order valence-corrected chi connectivity index (χ2v) is 2.79. The Hall–Kier alpha value is -0.640. The molecule has 0 unspecified atom stereocenters. The van der Waals surface area contributed by atoms with Crippen molar-refractivity contribution >= 4 is 11.8 Å². The lowest BCUT2D eigenvalue weighted by Gasteiger charge is -2.00. The van der Waals surface area contributed by atoms with E-state index in [1.807, 2.05) is 6.92 Å². The normalized spacial score (nSPS) is 10.1. The SMILES string of the molecule is CCc1ncnc(SC)c1F. The monoisotopic (exact) mass is 172 g/mol. The summed E-state index contributed by atoms with van der Waals surface area (Å²) in [5, 5.41) is 0.428. The lowest BCUT2D eigenvalue weighted by Crippen LogP contribution is -1.96. The Morgan fingerprint density at radius 1 is 1.55 bits per heavy atom. The first-order valence-corrected chi connectivity index (χ1v) is 4.55. The minimum atomic E-state index is -0.275. The number of hydrogen-bond donors (Lipinski definition) is 0. The standard InChI is InChI=1S/C7H9FN2S/c1-3-5-6(8)7(11-2)10-4-9-5/h4H,3H2,1-2H3. The number of thioether (sulfide) groups is 1. The highest BCUT2D eigenvalue weighted by Gasteiger charge is 2.06. The van der Waals surface area contributed by atoms with Crippen LogP contribution in [0.4, 0.5) is 4.39 Å². The minimum Gasteiger partial charge on any atom is -0.238 e. The molecule has 0 aliphatic rings. The molecule has 0 bridgehead atoms. The highest BCUT2D eigenvalue weighted by Crippen LogP contribution is 2.17. The zero-order valence-corrected chi connectivity index (χ0v) is 7.28. The zero-order valence-electron chi connectivity index (χ0n) is 6.47. The van der Waals surface area contributed by atoms with E-state index in [1.54, 1.807) is 6.26 Å². The maximum Gasteiger partial charge on any atom is 0.176 e. The van der Waals surface area contributed by atoms with Crippen LogP contribution in [0, 0.1) is 5.82 Å². The van der Waals surface area contributed by atoms with Crippen LogP contribution < -0.4 is 0 Å². The summed E-state index contributed by atoms with van der Waals surface area (Å²) in [6, 6.07) is 0. The molecule has 0 N–H and O–H groups in total. The van der Waals surface area contributed by atoms with Gasteiger partial charge < -0.3 is 0 Å². The molecule has 0 atom stereocenters. The molecule has 0 aliphatic carbocycles. The van der Waals surface area contributed by atoms with Gasteiger partial charge in [0.1, 0.15) is 11.4 Å². The van der Waals surface area contributed by atoms with Crippen LogP contribution in [-0.2, 0) is 6.42 Å². The van der Waals surface area contributed by atoms with Gasteiger partial charge in [0, 0.05) is 0 Å². The molecule has 0 aromatic carbocycles. The summed E-state index contributed by atoms with van der Waals surface area (Å²) in [7, 11) is 0. The Kier molecular flexibility index (Phi) is 2.82. The van der Waals surface area contributed by atoms with Crippen molar-refractivity contribution in [3.8, 4) is 0 Å². The minimum absolute atomic E-state index is 0.275. The Bertz CT molecular complexity index is 230. The van der Waals surface area contributed by atoms with Gasteiger partial charge in [-0.2, -0.15) is 0 Å². The van der Waals surface area contributed by atoms with Gasteiger partial charge in [-0.05, 0) is 12.7 Å². The van der Waals surface area contributed by atoms with E-state index in [2.05, 4.69) is 9.97 Å². The van der Waals surface area contributed by atoms with Gasteiger partial charge in [0.15, 0.2) is 5.82 Å². The van der Waals surface area contributed by atoms with E-state index in [4.69, 9.17) is 0 Å². The van der Waals surface area contributed by atoms with E-state index in [1.165, 1.54) is 18.1 Å². The zero-order chi connectivity index (χ0) is 8.27. The van der Waals surface area contributed by atoms with Crippen LogP contribution >= 0.6 is 11.8 Å². The molecule has 0 saturated heterocycles. The summed E-state index contributed by atoms with van der Waals surface area (Å²) < 4.78 is 13.1. The van der Waals surface area contributed by atoms with E-state index in [-0.39, 0.29) is 5.82 Å². The lowest BCUT2D eigenvalue weighted by molar-refractivity contribution is 0.559. The summed E-state index contributed by atoms with van der Waals surface area (Å²) in [5.74, 6) is -0.275. The Balaban J connectivity index is 3.10. The van der Waals surface area contributed by atoms with Gasteiger partial charge in [-0.25, -0.2) is 14.4 Å². The summed E-state index contributed by atoms with van der Waals surface area (Å²) in [5.41, 5.74) is 0.490. The maximum atomic E-state index is 13.1. The van der Waals surface area contributed by atoms with Gasteiger partial charge in [0.25, 0.3) is 0 Å². The largest absolute Gasteiger partial charge is 0.238 e. The second kappa shape index (κ2) is 3.67. The third-order valence-corrected chi connectivity index (χ3v) is 2.03. The average molecular weight is 172 g/mol. The molecular weight excluding hydrogens is 163 g/mol. The molecular formula is C7H9FN2S. The van der Waals surface area contributed by atoms with Crippen molar-refractivity contribution in [2.45, 2.75) is 18.4 Å².